The summed E-state index contributed by atoms with van der Waals surface area (Å²) in [6.45, 7) is 2.45. The molecule has 0 saturated heterocycles. The Labute approximate surface area is 188 Å². The second kappa shape index (κ2) is 10.3. The first-order chi connectivity index (χ1) is 15.6. The summed E-state index contributed by atoms with van der Waals surface area (Å²) in [5.41, 5.74) is 3.51. The first kappa shape index (κ1) is 21.9. The molecule has 0 radical (unpaired) electrons. The van der Waals surface area contributed by atoms with E-state index in [0.717, 1.165) is 36.8 Å². The number of hydrogen-bond acceptors (Lipinski definition) is 5. The Morgan fingerprint density at radius 2 is 1.91 bits per heavy atom. The Bertz CT molecular complexity index is 1010. The third-order valence-electron chi connectivity index (χ3n) is 6.20. The topological polar surface area (TPSA) is 89.1 Å². The number of aromatic nitrogens is 3. The van der Waals surface area contributed by atoms with Crippen molar-refractivity contribution >= 4 is 5.91 Å². The van der Waals surface area contributed by atoms with Crippen molar-refractivity contribution in [2.24, 2.45) is 5.92 Å². The fourth-order valence-corrected chi connectivity index (χ4v) is 4.34. The zero-order chi connectivity index (χ0) is 22.3. The van der Waals surface area contributed by atoms with Gasteiger partial charge in [-0.2, -0.15) is 5.10 Å². The van der Waals surface area contributed by atoms with E-state index in [2.05, 4.69) is 20.5 Å². The molecular weight excluding hydrogens is 404 g/mol. The first-order valence-electron chi connectivity index (χ1n) is 11.2. The average Bonchev–Trinajstić information content (AvgIpc) is 3.33. The van der Waals surface area contributed by atoms with Gasteiger partial charge in [-0.15, -0.1) is 0 Å². The number of nitrogens with zero attached hydrogens (tertiary/aromatic N) is 2. The lowest BCUT2D eigenvalue weighted by Crippen LogP contribution is -2.39. The number of carbonyl (C=O) groups is 1. The third-order valence-corrected chi connectivity index (χ3v) is 6.20. The van der Waals surface area contributed by atoms with Crippen LogP contribution in [0.2, 0.25) is 0 Å². The van der Waals surface area contributed by atoms with Crippen molar-refractivity contribution < 1.29 is 14.3 Å². The van der Waals surface area contributed by atoms with E-state index in [0.29, 0.717) is 29.9 Å². The fourth-order valence-electron chi connectivity index (χ4n) is 4.34. The minimum atomic E-state index is -0.564. The van der Waals surface area contributed by atoms with Gasteiger partial charge in [0, 0.05) is 42.2 Å². The predicted octanol–water partition coefficient (Wildman–Crippen LogP) is 4.34. The van der Waals surface area contributed by atoms with E-state index in [1.54, 1.807) is 20.1 Å². The zero-order valence-corrected chi connectivity index (χ0v) is 18.6. The Morgan fingerprint density at radius 3 is 2.66 bits per heavy atom. The van der Waals surface area contributed by atoms with Gasteiger partial charge in [0.05, 0.1) is 13.3 Å². The standard InChI is InChI=1S/C25H30N4O3/c1-17(32-22-5-3-4-21(14-22)31-2)25(30)27-15-18-6-8-20(9-7-18)24-23(16-28-29-24)19-10-12-26-13-11-19/h3-5,10-14,16-18,20H,6-9,15H2,1-2H3,(H,27,30)(H,28,29). The molecule has 3 aromatic rings. The maximum atomic E-state index is 12.5. The van der Waals surface area contributed by atoms with Crippen molar-refractivity contribution in [3.8, 4) is 22.6 Å². The maximum Gasteiger partial charge on any atom is 0.260 e. The molecule has 2 N–H and O–H groups in total. The number of rotatable bonds is 8. The van der Waals surface area contributed by atoms with Crippen LogP contribution < -0.4 is 14.8 Å². The van der Waals surface area contributed by atoms with Crippen LogP contribution in [0.5, 0.6) is 11.5 Å². The van der Waals surface area contributed by atoms with E-state index in [4.69, 9.17) is 9.47 Å². The highest BCUT2D eigenvalue weighted by Gasteiger charge is 2.26. The second-order valence-corrected chi connectivity index (χ2v) is 8.34. The summed E-state index contributed by atoms with van der Waals surface area (Å²) in [5.74, 6) is 2.17. The second-order valence-electron chi connectivity index (χ2n) is 8.34. The number of benzene rings is 1. The molecule has 1 atom stereocenters. The summed E-state index contributed by atoms with van der Waals surface area (Å²) in [4.78, 5) is 16.6. The summed E-state index contributed by atoms with van der Waals surface area (Å²) in [7, 11) is 1.61. The summed E-state index contributed by atoms with van der Waals surface area (Å²) >= 11 is 0. The molecule has 4 rings (SSSR count). The number of pyridine rings is 1. The van der Waals surface area contributed by atoms with Gasteiger partial charge < -0.3 is 14.8 Å². The summed E-state index contributed by atoms with van der Waals surface area (Å²) in [5, 5.41) is 10.6. The first-order valence-corrected chi connectivity index (χ1v) is 11.2. The Hall–Kier alpha value is -3.35. The van der Waals surface area contributed by atoms with E-state index in [1.807, 2.05) is 48.9 Å². The molecule has 1 saturated carbocycles. The highest BCUT2D eigenvalue weighted by molar-refractivity contribution is 5.80. The van der Waals surface area contributed by atoms with Gasteiger partial charge in [-0.3, -0.25) is 14.9 Å². The van der Waals surface area contributed by atoms with E-state index < -0.39 is 6.10 Å². The molecule has 32 heavy (non-hydrogen) atoms. The van der Waals surface area contributed by atoms with Crippen LogP contribution in [0, 0.1) is 5.92 Å². The number of carbonyl (C=O) groups excluding carboxylic acids is 1. The summed E-state index contributed by atoms with van der Waals surface area (Å²) in [6.07, 6.45) is 9.27. The number of hydrogen-bond donors (Lipinski definition) is 2. The molecule has 1 amide bonds. The minimum Gasteiger partial charge on any atom is -0.497 e. The number of ether oxygens (including phenoxy) is 2. The van der Waals surface area contributed by atoms with Crippen LogP contribution in [0.25, 0.3) is 11.1 Å². The normalized spacial score (nSPS) is 19.2. The Balaban J connectivity index is 1.25. The monoisotopic (exact) mass is 434 g/mol. The van der Waals surface area contributed by atoms with Crippen molar-refractivity contribution in [1.29, 1.82) is 0 Å². The predicted molar refractivity (Wildman–Crippen MR) is 123 cm³/mol. The highest BCUT2D eigenvalue weighted by Crippen LogP contribution is 2.38. The quantitative estimate of drug-likeness (QED) is 0.551. The van der Waals surface area contributed by atoms with Gasteiger partial charge in [0.15, 0.2) is 6.10 Å². The molecular formula is C25H30N4O3. The molecule has 7 nitrogen and oxygen atoms in total. The molecule has 2 heterocycles. The number of methoxy groups -OCH3 is 1. The van der Waals surface area contributed by atoms with E-state index in [-0.39, 0.29) is 5.91 Å². The lowest BCUT2D eigenvalue weighted by Gasteiger charge is -2.29. The number of nitrogens with one attached hydrogen (secondary N) is 2. The molecule has 7 heteroatoms. The van der Waals surface area contributed by atoms with Gasteiger partial charge in [0.1, 0.15) is 11.5 Å². The smallest absolute Gasteiger partial charge is 0.260 e. The summed E-state index contributed by atoms with van der Waals surface area (Å²) in [6, 6.07) is 11.3. The molecule has 0 spiro atoms. The molecule has 1 fully saturated rings. The van der Waals surface area contributed by atoms with E-state index >= 15 is 0 Å². The van der Waals surface area contributed by atoms with Gasteiger partial charge in [0.25, 0.3) is 5.91 Å². The van der Waals surface area contributed by atoms with Crippen molar-refractivity contribution in [3.63, 3.8) is 0 Å². The van der Waals surface area contributed by atoms with Gasteiger partial charge >= 0.3 is 0 Å². The Kier molecular flexibility index (Phi) is 7.04. The van der Waals surface area contributed by atoms with Crippen molar-refractivity contribution in [2.45, 2.75) is 44.6 Å². The average molecular weight is 435 g/mol. The maximum absolute atomic E-state index is 12.5. The largest absolute Gasteiger partial charge is 0.497 e. The molecule has 1 aromatic carbocycles. The van der Waals surface area contributed by atoms with E-state index in [9.17, 15) is 4.79 Å². The van der Waals surface area contributed by atoms with Gasteiger partial charge in [-0.25, -0.2) is 0 Å². The number of amides is 1. The van der Waals surface area contributed by atoms with Crippen molar-refractivity contribution in [1.82, 2.24) is 20.5 Å². The molecule has 1 aliphatic carbocycles. The molecule has 0 aliphatic heterocycles. The van der Waals surface area contributed by atoms with Crippen LogP contribution in [-0.4, -0.2) is 40.8 Å². The van der Waals surface area contributed by atoms with Crippen LogP contribution in [0.1, 0.15) is 44.2 Å². The number of aromatic amines is 1. The lowest BCUT2D eigenvalue weighted by atomic mass is 9.79. The SMILES string of the molecule is COc1cccc(OC(C)C(=O)NCC2CCC(c3[nH]ncc3-c3ccncc3)CC2)c1. The Morgan fingerprint density at radius 1 is 1.16 bits per heavy atom. The molecule has 168 valence electrons. The van der Waals surface area contributed by atoms with Crippen LogP contribution >= 0.6 is 0 Å². The van der Waals surface area contributed by atoms with Gasteiger partial charge in [-0.05, 0) is 68.4 Å². The van der Waals surface area contributed by atoms with Crippen LogP contribution in [0.3, 0.4) is 0 Å². The summed E-state index contributed by atoms with van der Waals surface area (Å²) < 4.78 is 11.0. The molecule has 0 bridgehead atoms. The minimum absolute atomic E-state index is 0.0940. The number of H-pyrrole nitrogens is 1. The molecule has 1 aliphatic rings. The van der Waals surface area contributed by atoms with Crippen LogP contribution in [0.4, 0.5) is 0 Å². The van der Waals surface area contributed by atoms with Crippen LogP contribution in [0.15, 0.2) is 55.0 Å². The van der Waals surface area contributed by atoms with Crippen LogP contribution in [-0.2, 0) is 4.79 Å². The molecule has 2 aromatic heterocycles. The van der Waals surface area contributed by atoms with E-state index in [1.165, 1.54) is 5.69 Å². The highest BCUT2D eigenvalue weighted by atomic mass is 16.5. The zero-order valence-electron chi connectivity index (χ0n) is 18.6. The fraction of sp³-hybridized carbons (Fsp3) is 0.400. The van der Waals surface area contributed by atoms with Crippen molar-refractivity contribution in [3.05, 3.63) is 60.7 Å². The third kappa shape index (κ3) is 5.28. The molecule has 1 unspecified atom stereocenters. The lowest BCUT2D eigenvalue weighted by molar-refractivity contribution is -0.127. The van der Waals surface area contributed by atoms with Gasteiger partial charge in [0.2, 0.25) is 0 Å². The van der Waals surface area contributed by atoms with Gasteiger partial charge in [-0.1, -0.05) is 6.07 Å². The van der Waals surface area contributed by atoms with Crippen molar-refractivity contribution in [2.75, 3.05) is 13.7 Å².